The van der Waals surface area contributed by atoms with Gasteiger partial charge in [0.2, 0.25) is 0 Å². The molecule has 0 spiro atoms. The lowest BCUT2D eigenvalue weighted by atomic mass is 10.1. The van der Waals surface area contributed by atoms with Crippen molar-refractivity contribution in [1.29, 1.82) is 0 Å². The third kappa shape index (κ3) is 5.66. The third-order valence-corrected chi connectivity index (χ3v) is 6.32. The standard InChI is InChI=1S/C28H31N7O4/c1-17-8-11-19(15-29-17)34-12-6-7-21(26(34)37)31-23-14-24(33(5)27(38)39-28(2,3)4)35-25(32-23)20(16-30-35)22(36)13-18-9-10-18/h6-8,11-12,14-16,18H,9-10,13H2,1-5H3,(H,31,32). The summed E-state index contributed by atoms with van der Waals surface area (Å²) in [5.74, 6) is 0.917. The number of amides is 1. The fourth-order valence-electron chi connectivity index (χ4n) is 4.10. The first-order valence-corrected chi connectivity index (χ1v) is 12.8. The number of rotatable bonds is 7. The van der Waals surface area contributed by atoms with E-state index in [0.29, 0.717) is 29.4 Å². The lowest BCUT2D eigenvalue weighted by Gasteiger charge is -2.25. The van der Waals surface area contributed by atoms with Gasteiger partial charge in [0.15, 0.2) is 11.4 Å². The highest BCUT2D eigenvalue weighted by Gasteiger charge is 2.29. The Morgan fingerprint density at radius 3 is 2.62 bits per heavy atom. The summed E-state index contributed by atoms with van der Waals surface area (Å²) in [5, 5.41) is 7.46. The van der Waals surface area contributed by atoms with Gasteiger partial charge >= 0.3 is 6.09 Å². The van der Waals surface area contributed by atoms with E-state index in [1.165, 1.54) is 20.2 Å². The normalized spacial score (nSPS) is 13.4. The molecule has 1 amide bonds. The second-order valence-electron chi connectivity index (χ2n) is 10.8. The summed E-state index contributed by atoms with van der Waals surface area (Å²) in [5.41, 5.74) is 1.33. The van der Waals surface area contributed by atoms with Crippen LogP contribution in [0.2, 0.25) is 0 Å². The molecule has 5 rings (SSSR count). The Kier molecular flexibility index (Phi) is 6.67. The molecule has 0 aromatic carbocycles. The molecule has 4 heterocycles. The van der Waals surface area contributed by atoms with E-state index >= 15 is 0 Å². The molecule has 0 aliphatic heterocycles. The van der Waals surface area contributed by atoms with Crippen LogP contribution in [0.1, 0.15) is 56.1 Å². The molecule has 0 radical (unpaired) electrons. The summed E-state index contributed by atoms with van der Waals surface area (Å²) in [6.45, 7) is 7.21. The van der Waals surface area contributed by atoms with E-state index in [4.69, 9.17) is 4.74 Å². The zero-order valence-electron chi connectivity index (χ0n) is 22.6. The van der Waals surface area contributed by atoms with Gasteiger partial charge in [-0.1, -0.05) is 0 Å². The zero-order valence-corrected chi connectivity index (χ0v) is 22.6. The number of fused-ring (bicyclic) bond motifs is 1. The summed E-state index contributed by atoms with van der Waals surface area (Å²) in [6.07, 6.45) is 6.65. The maximum atomic E-state index is 13.3. The minimum absolute atomic E-state index is 0.0584. The molecular weight excluding hydrogens is 498 g/mol. The van der Waals surface area contributed by atoms with Crippen molar-refractivity contribution >= 4 is 34.8 Å². The van der Waals surface area contributed by atoms with Crippen molar-refractivity contribution in [3.05, 3.63) is 70.5 Å². The number of carbonyl (C=O) groups is 2. The van der Waals surface area contributed by atoms with Gasteiger partial charge in [-0.25, -0.2) is 9.78 Å². The van der Waals surface area contributed by atoms with Crippen molar-refractivity contribution in [3.8, 4) is 5.69 Å². The predicted octanol–water partition coefficient (Wildman–Crippen LogP) is 4.68. The van der Waals surface area contributed by atoms with Gasteiger partial charge in [-0.2, -0.15) is 9.61 Å². The number of aromatic nitrogens is 5. The smallest absolute Gasteiger partial charge is 0.415 e. The molecule has 1 aliphatic rings. The summed E-state index contributed by atoms with van der Waals surface area (Å²) in [4.78, 5) is 49.6. The Hall–Kier alpha value is -4.54. The van der Waals surface area contributed by atoms with Crippen LogP contribution in [0, 0.1) is 12.8 Å². The number of nitrogens with one attached hydrogen (secondary N) is 1. The number of hydrogen-bond acceptors (Lipinski definition) is 8. The molecule has 4 aromatic rings. The number of Topliss-reactive ketones (excluding diaryl/α,β-unsaturated/α-hetero) is 1. The first-order valence-electron chi connectivity index (χ1n) is 12.8. The van der Waals surface area contributed by atoms with Gasteiger partial charge in [-0.3, -0.25) is 24.0 Å². The van der Waals surface area contributed by atoms with E-state index in [2.05, 4.69) is 20.4 Å². The van der Waals surface area contributed by atoms with E-state index in [-0.39, 0.29) is 28.5 Å². The SMILES string of the molecule is Cc1ccc(-n2cccc(Nc3cc(N(C)C(=O)OC(C)(C)C)n4ncc(C(=O)CC5CC5)c4n3)c2=O)cn1. The topological polar surface area (TPSA) is 124 Å². The number of ketones is 1. The minimum atomic E-state index is -0.714. The highest BCUT2D eigenvalue weighted by Crippen LogP contribution is 2.34. The van der Waals surface area contributed by atoms with Crippen LogP contribution in [-0.4, -0.2) is 48.7 Å². The van der Waals surface area contributed by atoms with Crippen molar-refractivity contribution < 1.29 is 14.3 Å². The second kappa shape index (κ2) is 9.97. The van der Waals surface area contributed by atoms with Gasteiger partial charge in [-0.05, 0) is 70.7 Å². The van der Waals surface area contributed by atoms with Crippen LogP contribution in [0.3, 0.4) is 0 Å². The number of nitrogens with zero attached hydrogens (tertiary/aromatic N) is 6. The van der Waals surface area contributed by atoms with Gasteiger partial charge in [0.25, 0.3) is 5.56 Å². The van der Waals surface area contributed by atoms with Crippen molar-refractivity contribution in [3.63, 3.8) is 0 Å². The van der Waals surface area contributed by atoms with Gasteiger partial charge in [0.05, 0.1) is 23.6 Å². The average molecular weight is 530 g/mol. The van der Waals surface area contributed by atoms with Crippen molar-refractivity contribution in [2.24, 2.45) is 5.92 Å². The van der Waals surface area contributed by atoms with E-state index < -0.39 is 11.7 Å². The molecule has 0 saturated heterocycles. The van der Waals surface area contributed by atoms with Crippen LogP contribution >= 0.6 is 0 Å². The third-order valence-electron chi connectivity index (χ3n) is 6.32. The van der Waals surface area contributed by atoms with E-state index in [0.717, 1.165) is 18.5 Å². The Balaban J connectivity index is 1.57. The Labute approximate surface area is 225 Å². The lowest BCUT2D eigenvalue weighted by molar-refractivity contribution is 0.0587. The van der Waals surface area contributed by atoms with Crippen molar-refractivity contribution in [1.82, 2.24) is 24.1 Å². The molecule has 1 fully saturated rings. The molecule has 0 unspecified atom stereocenters. The monoisotopic (exact) mass is 529 g/mol. The number of pyridine rings is 2. The summed E-state index contributed by atoms with van der Waals surface area (Å²) < 4.78 is 8.46. The van der Waals surface area contributed by atoms with Crippen LogP contribution in [-0.2, 0) is 4.74 Å². The number of aryl methyl sites for hydroxylation is 1. The average Bonchev–Trinajstić information content (AvgIpc) is 3.59. The first kappa shape index (κ1) is 26.1. The molecule has 0 atom stereocenters. The van der Waals surface area contributed by atoms with E-state index in [1.54, 1.807) is 58.4 Å². The highest BCUT2D eigenvalue weighted by molar-refractivity contribution is 6.02. The molecule has 0 bridgehead atoms. The highest BCUT2D eigenvalue weighted by atomic mass is 16.6. The molecule has 202 valence electrons. The van der Waals surface area contributed by atoms with Crippen LogP contribution < -0.4 is 15.8 Å². The quantitative estimate of drug-likeness (QED) is 0.342. The summed E-state index contributed by atoms with van der Waals surface area (Å²) >= 11 is 0. The summed E-state index contributed by atoms with van der Waals surface area (Å²) in [6, 6.07) is 8.60. The van der Waals surface area contributed by atoms with Crippen LogP contribution in [0.4, 0.5) is 22.1 Å². The number of hydrogen-bond donors (Lipinski definition) is 1. The van der Waals surface area contributed by atoms with E-state index in [9.17, 15) is 14.4 Å². The molecule has 4 aromatic heterocycles. The van der Waals surface area contributed by atoms with E-state index in [1.807, 2.05) is 19.1 Å². The van der Waals surface area contributed by atoms with Crippen LogP contribution in [0.15, 0.2) is 53.7 Å². The maximum absolute atomic E-state index is 13.3. The minimum Gasteiger partial charge on any atom is -0.443 e. The number of ether oxygens (including phenoxy) is 1. The Morgan fingerprint density at radius 1 is 1.18 bits per heavy atom. The molecule has 1 saturated carbocycles. The summed E-state index contributed by atoms with van der Waals surface area (Å²) in [7, 11) is 1.56. The fraction of sp³-hybridized carbons (Fsp3) is 0.357. The predicted molar refractivity (Wildman–Crippen MR) is 147 cm³/mol. The molecule has 39 heavy (non-hydrogen) atoms. The number of anilines is 3. The molecule has 1 aliphatic carbocycles. The van der Waals surface area contributed by atoms with Crippen LogP contribution in [0.5, 0.6) is 0 Å². The fourth-order valence-corrected chi connectivity index (χ4v) is 4.10. The lowest BCUT2D eigenvalue weighted by Crippen LogP contribution is -2.35. The van der Waals surface area contributed by atoms with Gasteiger partial charge in [0.1, 0.15) is 22.9 Å². The van der Waals surface area contributed by atoms with Crippen LogP contribution in [0.25, 0.3) is 11.3 Å². The molecule has 11 heteroatoms. The molecular formula is C28H31N7O4. The number of carbonyl (C=O) groups excluding carboxylic acids is 2. The molecule has 11 nitrogen and oxygen atoms in total. The van der Waals surface area contributed by atoms with Gasteiger partial charge in [0, 0.05) is 31.4 Å². The zero-order chi connectivity index (χ0) is 27.9. The Morgan fingerprint density at radius 2 is 1.95 bits per heavy atom. The Bertz CT molecular complexity index is 1610. The van der Waals surface area contributed by atoms with Crippen molar-refractivity contribution in [2.45, 2.75) is 52.6 Å². The maximum Gasteiger partial charge on any atom is 0.415 e. The molecule has 1 N–H and O–H groups in total. The first-order chi connectivity index (χ1) is 18.5. The van der Waals surface area contributed by atoms with Crippen molar-refractivity contribution in [2.75, 3.05) is 17.3 Å². The van der Waals surface area contributed by atoms with Gasteiger partial charge < -0.3 is 10.1 Å². The van der Waals surface area contributed by atoms with Gasteiger partial charge in [-0.15, -0.1) is 0 Å². The second-order valence-corrected chi connectivity index (χ2v) is 10.8. The largest absolute Gasteiger partial charge is 0.443 e.